The largest absolute Gasteiger partial charge is 0.417 e. The van der Waals surface area contributed by atoms with E-state index in [-0.39, 0.29) is 0 Å². The van der Waals surface area contributed by atoms with Crippen LogP contribution in [-0.2, 0) is 4.84 Å². The van der Waals surface area contributed by atoms with Gasteiger partial charge in [-0.1, -0.05) is 12.2 Å². The zero-order chi connectivity index (χ0) is 6.81. The van der Waals surface area contributed by atoms with Crippen LogP contribution in [0.25, 0.3) is 0 Å². The molecule has 1 aliphatic heterocycles. The maximum atomic E-state index is 4.99. The third kappa shape index (κ3) is 0.948. The number of allylic oxidation sites excluding steroid dienone is 2. The maximum Gasteiger partial charge on any atom is 0.111 e. The van der Waals surface area contributed by atoms with Crippen molar-refractivity contribution in [2.75, 3.05) is 6.54 Å². The third-order valence-electron chi connectivity index (χ3n) is 2.09. The molecule has 0 aromatic heterocycles. The Labute approximate surface area is 60.5 Å². The highest BCUT2D eigenvalue weighted by Crippen LogP contribution is 2.25. The van der Waals surface area contributed by atoms with E-state index in [2.05, 4.69) is 17.6 Å². The summed E-state index contributed by atoms with van der Waals surface area (Å²) in [6.07, 6.45) is 8.54. The topological polar surface area (TPSA) is 21.3 Å². The van der Waals surface area contributed by atoms with Crippen LogP contribution in [0.15, 0.2) is 24.0 Å². The highest BCUT2D eigenvalue weighted by atomic mass is 16.6. The van der Waals surface area contributed by atoms with Gasteiger partial charge >= 0.3 is 0 Å². The predicted molar refractivity (Wildman–Crippen MR) is 39.0 cm³/mol. The molecule has 0 fully saturated rings. The molecule has 0 radical (unpaired) electrons. The second kappa shape index (κ2) is 2.46. The first kappa shape index (κ1) is 5.98. The zero-order valence-corrected chi connectivity index (χ0v) is 5.84. The second-order valence-electron chi connectivity index (χ2n) is 2.77. The van der Waals surface area contributed by atoms with Gasteiger partial charge < -0.3 is 4.84 Å². The van der Waals surface area contributed by atoms with Crippen molar-refractivity contribution in [2.24, 2.45) is 5.92 Å². The summed E-state index contributed by atoms with van der Waals surface area (Å²) in [5.41, 5.74) is 4.31. The van der Waals surface area contributed by atoms with Crippen molar-refractivity contribution in [3.63, 3.8) is 0 Å². The standard InChI is InChI=1S/C8H11NO/c1-2-4-8-6-10-9-5-7(8)3-1/h1-2,6-7,9H,3-5H2. The number of hydroxylamine groups is 1. The fourth-order valence-electron chi connectivity index (χ4n) is 1.42. The van der Waals surface area contributed by atoms with Gasteiger partial charge in [0.1, 0.15) is 6.26 Å². The molecular weight excluding hydrogens is 126 g/mol. The van der Waals surface area contributed by atoms with E-state index in [0.717, 1.165) is 13.0 Å². The summed E-state index contributed by atoms with van der Waals surface area (Å²) in [5, 5.41) is 0. The first-order chi connectivity index (χ1) is 4.97. The fourth-order valence-corrected chi connectivity index (χ4v) is 1.42. The van der Waals surface area contributed by atoms with Crippen LogP contribution in [-0.4, -0.2) is 6.54 Å². The van der Waals surface area contributed by atoms with Crippen molar-refractivity contribution in [1.29, 1.82) is 0 Å². The first-order valence-corrected chi connectivity index (χ1v) is 3.69. The molecule has 1 aliphatic carbocycles. The molecule has 0 saturated carbocycles. The molecule has 0 amide bonds. The van der Waals surface area contributed by atoms with Gasteiger partial charge in [-0.3, -0.25) is 0 Å². The average Bonchev–Trinajstić information content (AvgIpc) is 2.05. The quantitative estimate of drug-likeness (QED) is 0.509. The Balaban J connectivity index is 2.17. The van der Waals surface area contributed by atoms with Crippen molar-refractivity contribution in [3.8, 4) is 0 Å². The summed E-state index contributed by atoms with van der Waals surface area (Å²) in [6, 6.07) is 0. The Morgan fingerprint density at radius 1 is 1.50 bits per heavy atom. The van der Waals surface area contributed by atoms with E-state index in [1.165, 1.54) is 12.0 Å². The Morgan fingerprint density at radius 3 is 3.40 bits per heavy atom. The molecule has 0 aromatic carbocycles. The Kier molecular flexibility index (Phi) is 1.47. The van der Waals surface area contributed by atoms with E-state index in [9.17, 15) is 0 Å². The highest BCUT2D eigenvalue weighted by molar-refractivity contribution is 5.16. The molecule has 2 nitrogen and oxygen atoms in total. The van der Waals surface area contributed by atoms with Crippen molar-refractivity contribution in [3.05, 3.63) is 24.0 Å². The molecule has 0 saturated heterocycles. The van der Waals surface area contributed by atoms with Crippen LogP contribution in [0.3, 0.4) is 0 Å². The van der Waals surface area contributed by atoms with Gasteiger partial charge in [0.25, 0.3) is 0 Å². The Morgan fingerprint density at radius 2 is 2.50 bits per heavy atom. The summed E-state index contributed by atoms with van der Waals surface area (Å²) in [4.78, 5) is 4.99. The van der Waals surface area contributed by atoms with Crippen molar-refractivity contribution in [2.45, 2.75) is 12.8 Å². The van der Waals surface area contributed by atoms with Gasteiger partial charge in [0.2, 0.25) is 0 Å². The number of nitrogens with one attached hydrogen (secondary N) is 1. The van der Waals surface area contributed by atoms with Crippen LogP contribution in [0, 0.1) is 5.92 Å². The molecule has 1 atom stereocenters. The molecule has 2 heteroatoms. The van der Waals surface area contributed by atoms with Crippen molar-refractivity contribution in [1.82, 2.24) is 5.48 Å². The average molecular weight is 137 g/mol. The Bertz CT molecular complexity index is 184. The molecule has 2 rings (SSSR count). The van der Waals surface area contributed by atoms with Crippen LogP contribution in [0.5, 0.6) is 0 Å². The van der Waals surface area contributed by atoms with Crippen molar-refractivity contribution >= 4 is 0 Å². The van der Waals surface area contributed by atoms with Crippen LogP contribution >= 0.6 is 0 Å². The smallest absolute Gasteiger partial charge is 0.111 e. The summed E-state index contributed by atoms with van der Waals surface area (Å²) < 4.78 is 0. The lowest BCUT2D eigenvalue weighted by Gasteiger charge is -2.25. The molecule has 1 unspecified atom stereocenters. The van der Waals surface area contributed by atoms with E-state index in [1.54, 1.807) is 0 Å². The number of hydrogen-bond donors (Lipinski definition) is 1. The monoisotopic (exact) mass is 137 g/mol. The van der Waals surface area contributed by atoms with Crippen LogP contribution in [0.2, 0.25) is 0 Å². The van der Waals surface area contributed by atoms with Gasteiger partial charge in [0, 0.05) is 12.5 Å². The first-order valence-electron chi connectivity index (χ1n) is 3.69. The number of hydrogen-bond acceptors (Lipinski definition) is 2. The van der Waals surface area contributed by atoms with Gasteiger partial charge in [-0.25, -0.2) is 0 Å². The summed E-state index contributed by atoms with van der Waals surface area (Å²) >= 11 is 0. The lowest BCUT2D eigenvalue weighted by atomic mass is 9.89. The van der Waals surface area contributed by atoms with E-state index in [1.807, 2.05) is 6.26 Å². The fraction of sp³-hybridized carbons (Fsp3) is 0.500. The van der Waals surface area contributed by atoms with Gasteiger partial charge in [-0.15, -0.1) is 0 Å². The Hall–Kier alpha value is -0.760. The SMILES string of the molecule is C1=CCC2CNOC=C2C1. The van der Waals surface area contributed by atoms with Gasteiger partial charge in [0.15, 0.2) is 0 Å². The van der Waals surface area contributed by atoms with Gasteiger partial charge in [0.05, 0.1) is 0 Å². The number of fused-ring (bicyclic) bond motifs is 1. The van der Waals surface area contributed by atoms with Crippen LogP contribution in [0.1, 0.15) is 12.8 Å². The maximum absolute atomic E-state index is 4.99. The summed E-state index contributed by atoms with van der Waals surface area (Å²) in [6.45, 7) is 0.968. The second-order valence-corrected chi connectivity index (χ2v) is 2.77. The minimum Gasteiger partial charge on any atom is -0.417 e. The lowest BCUT2D eigenvalue weighted by Crippen LogP contribution is -2.28. The molecule has 54 valence electrons. The summed E-state index contributed by atoms with van der Waals surface area (Å²) in [5.74, 6) is 0.693. The summed E-state index contributed by atoms with van der Waals surface area (Å²) in [7, 11) is 0. The van der Waals surface area contributed by atoms with Gasteiger partial charge in [-0.05, 0) is 18.4 Å². The van der Waals surface area contributed by atoms with Crippen molar-refractivity contribution < 1.29 is 4.84 Å². The lowest BCUT2D eigenvalue weighted by molar-refractivity contribution is 0.101. The molecule has 0 bridgehead atoms. The van der Waals surface area contributed by atoms with E-state index in [0.29, 0.717) is 5.92 Å². The molecule has 0 spiro atoms. The molecule has 10 heavy (non-hydrogen) atoms. The molecule has 0 aromatic rings. The van der Waals surface area contributed by atoms with Crippen LogP contribution in [0.4, 0.5) is 0 Å². The molecule has 1 heterocycles. The van der Waals surface area contributed by atoms with E-state index >= 15 is 0 Å². The minimum absolute atomic E-state index is 0.693. The predicted octanol–water partition coefficient (Wildman–Crippen LogP) is 1.37. The van der Waals surface area contributed by atoms with E-state index in [4.69, 9.17) is 4.84 Å². The molecule has 1 N–H and O–H groups in total. The van der Waals surface area contributed by atoms with E-state index < -0.39 is 0 Å². The zero-order valence-electron chi connectivity index (χ0n) is 5.84. The van der Waals surface area contributed by atoms with Gasteiger partial charge in [-0.2, -0.15) is 5.48 Å². The molecular formula is C8H11NO. The normalized spacial score (nSPS) is 30.4. The third-order valence-corrected chi connectivity index (χ3v) is 2.09. The van der Waals surface area contributed by atoms with Crippen LogP contribution < -0.4 is 5.48 Å². The highest BCUT2D eigenvalue weighted by Gasteiger charge is 2.18. The molecule has 2 aliphatic rings. The minimum atomic E-state index is 0.693. The number of rotatable bonds is 0.